The standard InChI is InChI=1S/C27H30FN5O2/c1-17(2)24-21(29-12-13-30-24)16-32-26-22(9-6-10-23(26)35-4)33(27(32)34)19-11-14-31(15-19)25-18(3)7-5-8-20(25)28/h5-10,12-13,17,19H,11,14-16H2,1-4H3. The maximum atomic E-state index is 14.7. The summed E-state index contributed by atoms with van der Waals surface area (Å²) in [5.74, 6) is 0.580. The van der Waals surface area contributed by atoms with E-state index in [1.165, 1.54) is 6.07 Å². The molecular formula is C27H30FN5O2. The second kappa shape index (κ2) is 9.17. The Kier molecular flexibility index (Phi) is 6.05. The molecule has 2 aromatic heterocycles. The molecule has 1 aliphatic rings. The fraction of sp³-hybridized carbons (Fsp3) is 0.370. The van der Waals surface area contributed by atoms with Crippen LogP contribution in [0.4, 0.5) is 10.1 Å². The number of imidazole rings is 1. The summed E-state index contributed by atoms with van der Waals surface area (Å²) in [5, 5.41) is 0. The van der Waals surface area contributed by atoms with Crippen molar-refractivity contribution in [2.75, 3.05) is 25.1 Å². The average Bonchev–Trinajstić information content (AvgIpc) is 3.41. The van der Waals surface area contributed by atoms with Crippen molar-refractivity contribution in [3.63, 3.8) is 0 Å². The Bertz CT molecular complexity index is 1420. The number of rotatable bonds is 6. The van der Waals surface area contributed by atoms with Gasteiger partial charge in [0.2, 0.25) is 0 Å². The molecule has 0 bridgehead atoms. The largest absolute Gasteiger partial charge is 0.494 e. The van der Waals surface area contributed by atoms with Crippen molar-refractivity contribution in [3.8, 4) is 5.75 Å². The van der Waals surface area contributed by atoms with Crippen molar-refractivity contribution in [2.24, 2.45) is 0 Å². The number of anilines is 1. The van der Waals surface area contributed by atoms with E-state index in [9.17, 15) is 9.18 Å². The normalized spacial score (nSPS) is 15.9. The van der Waals surface area contributed by atoms with Crippen LogP contribution in [0.25, 0.3) is 11.0 Å². The molecule has 2 aromatic carbocycles. The van der Waals surface area contributed by atoms with E-state index in [0.29, 0.717) is 31.1 Å². The maximum Gasteiger partial charge on any atom is 0.329 e. The SMILES string of the molecule is COc1cccc2c1n(Cc1nccnc1C(C)C)c(=O)n2C1CCN(c2c(C)cccc2F)C1. The van der Waals surface area contributed by atoms with E-state index in [1.807, 2.05) is 40.7 Å². The van der Waals surface area contributed by atoms with Gasteiger partial charge >= 0.3 is 5.69 Å². The highest BCUT2D eigenvalue weighted by molar-refractivity contribution is 5.83. The number of methoxy groups -OCH3 is 1. The quantitative estimate of drug-likeness (QED) is 0.405. The Balaban J connectivity index is 1.61. The van der Waals surface area contributed by atoms with Gasteiger partial charge in [0.05, 0.1) is 42.3 Å². The van der Waals surface area contributed by atoms with Crippen molar-refractivity contribution in [1.82, 2.24) is 19.1 Å². The van der Waals surface area contributed by atoms with E-state index in [0.717, 1.165) is 34.4 Å². The molecule has 1 saturated heterocycles. The summed E-state index contributed by atoms with van der Waals surface area (Å²) < 4.78 is 23.9. The Morgan fingerprint density at radius 2 is 1.91 bits per heavy atom. The van der Waals surface area contributed by atoms with Crippen LogP contribution in [0.15, 0.2) is 53.6 Å². The predicted octanol–water partition coefficient (Wildman–Crippen LogP) is 4.67. The highest BCUT2D eigenvalue weighted by Crippen LogP contribution is 2.34. The van der Waals surface area contributed by atoms with Gasteiger partial charge in [-0.05, 0) is 43.0 Å². The van der Waals surface area contributed by atoms with Crippen LogP contribution in [-0.4, -0.2) is 39.3 Å². The van der Waals surface area contributed by atoms with Crippen LogP contribution in [0.2, 0.25) is 0 Å². The fourth-order valence-corrected chi connectivity index (χ4v) is 5.28. The van der Waals surface area contributed by atoms with Crippen molar-refractivity contribution in [3.05, 3.63) is 82.0 Å². The number of benzene rings is 2. The van der Waals surface area contributed by atoms with Crippen LogP contribution in [0, 0.1) is 12.7 Å². The third-order valence-electron chi connectivity index (χ3n) is 6.86. The molecular weight excluding hydrogens is 445 g/mol. The van der Waals surface area contributed by atoms with Gasteiger partial charge in [0.15, 0.2) is 0 Å². The number of hydrogen-bond acceptors (Lipinski definition) is 5. The van der Waals surface area contributed by atoms with E-state index >= 15 is 0 Å². The number of nitrogens with zero attached hydrogens (tertiary/aromatic N) is 5. The molecule has 5 rings (SSSR count). The predicted molar refractivity (Wildman–Crippen MR) is 135 cm³/mol. The minimum absolute atomic E-state index is 0.0937. The lowest BCUT2D eigenvalue weighted by Crippen LogP contribution is -2.30. The fourth-order valence-electron chi connectivity index (χ4n) is 5.28. The van der Waals surface area contributed by atoms with Gasteiger partial charge in [0, 0.05) is 25.5 Å². The molecule has 0 saturated carbocycles. The number of halogens is 1. The van der Waals surface area contributed by atoms with E-state index in [2.05, 4.69) is 23.8 Å². The van der Waals surface area contributed by atoms with Crippen molar-refractivity contribution in [2.45, 2.75) is 45.7 Å². The van der Waals surface area contributed by atoms with E-state index in [1.54, 1.807) is 30.1 Å². The molecule has 1 atom stereocenters. The summed E-state index contributed by atoms with van der Waals surface area (Å²) in [4.78, 5) is 25.0. The molecule has 7 nitrogen and oxygen atoms in total. The number of fused-ring (bicyclic) bond motifs is 1. The summed E-state index contributed by atoms with van der Waals surface area (Å²) in [7, 11) is 1.61. The van der Waals surface area contributed by atoms with Crippen LogP contribution in [0.5, 0.6) is 5.75 Å². The van der Waals surface area contributed by atoms with Crippen molar-refractivity contribution in [1.29, 1.82) is 0 Å². The minimum atomic E-state index is -0.231. The Labute approximate surface area is 203 Å². The second-order valence-corrected chi connectivity index (χ2v) is 9.40. The minimum Gasteiger partial charge on any atom is -0.494 e. The van der Waals surface area contributed by atoms with Gasteiger partial charge in [-0.2, -0.15) is 0 Å². The molecule has 0 aliphatic carbocycles. The zero-order valence-electron chi connectivity index (χ0n) is 20.5. The van der Waals surface area contributed by atoms with E-state index in [4.69, 9.17) is 4.74 Å². The molecule has 1 aliphatic heterocycles. The number of ether oxygens (including phenoxy) is 1. The number of aromatic nitrogens is 4. The van der Waals surface area contributed by atoms with Gasteiger partial charge in [0.25, 0.3) is 0 Å². The summed E-state index contributed by atoms with van der Waals surface area (Å²) in [5.41, 5.74) is 4.57. The third kappa shape index (κ3) is 3.96. The van der Waals surface area contributed by atoms with Gasteiger partial charge in [-0.25, -0.2) is 9.18 Å². The Morgan fingerprint density at radius 1 is 1.14 bits per heavy atom. The number of para-hydroxylation sites is 2. The molecule has 1 fully saturated rings. The molecule has 35 heavy (non-hydrogen) atoms. The van der Waals surface area contributed by atoms with E-state index < -0.39 is 0 Å². The molecule has 182 valence electrons. The molecule has 8 heteroatoms. The summed E-state index contributed by atoms with van der Waals surface area (Å²) in [6.45, 7) is 7.59. The smallest absolute Gasteiger partial charge is 0.329 e. The molecule has 0 N–H and O–H groups in total. The first-order valence-electron chi connectivity index (χ1n) is 12.0. The lowest BCUT2D eigenvalue weighted by molar-refractivity contribution is 0.417. The van der Waals surface area contributed by atoms with Crippen LogP contribution in [-0.2, 0) is 6.54 Å². The second-order valence-electron chi connectivity index (χ2n) is 9.40. The lowest BCUT2D eigenvalue weighted by Gasteiger charge is -2.21. The summed E-state index contributed by atoms with van der Waals surface area (Å²) in [6.07, 6.45) is 4.09. The molecule has 1 unspecified atom stereocenters. The molecule has 4 aromatic rings. The van der Waals surface area contributed by atoms with Crippen LogP contribution in [0.1, 0.15) is 49.2 Å². The molecule has 0 radical (unpaired) electrons. The average molecular weight is 476 g/mol. The Morgan fingerprint density at radius 3 is 2.66 bits per heavy atom. The monoisotopic (exact) mass is 475 g/mol. The summed E-state index contributed by atoms with van der Waals surface area (Å²) in [6, 6.07) is 10.8. The number of hydrogen-bond donors (Lipinski definition) is 0. The number of aryl methyl sites for hydroxylation is 1. The molecule has 0 spiro atoms. The van der Waals surface area contributed by atoms with Gasteiger partial charge in [-0.1, -0.05) is 32.0 Å². The van der Waals surface area contributed by atoms with Crippen LogP contribution >= 0.6 is 0 Å². The first-order chi connectivity index (χ1) is 16.9. The first-order valence-corrected chi connectivity index (χ1v) is 12.0. The lowest BCUT2D eigenvalue weighted by atomic mass is 10.1. The van der Waals surface area contributed by atoms with Crippen molar-refractivity contribution < 1.29 is 9.13 Å². The highest BCUT2D eigenvalue weighted by atomic mass is 19.1. The van der Waals surface area contributed by atoms with Crippen molar-refractivity contribution >= 4 is 16.7 Å². The zero-order valence-corrected chi connectivity index (χ0v) is 20.5. The van der Waals surface area contributed by atoms with Gasteiger partial charge in [-0.3, -0.25) is 19.1 Å². The zero-order chi connectivity index (χ0) is 24.7. The Hall–Kier alpha value is -3.68. The first kappa shape index (κ1) is 23.1. The van der Waals surface area contributed by atoms with E-state index in [-0.39, 0.29) is 23.5 Å². The topological polar surface area (TPSA) is 65.2 Å². The maximum absolute atomic E-state index is 14.7. The summed E-state index contributed by atoms with van der Waals surface area (Å²) >= 11 is 0. The van der Waals surface area contributed by atoms with Crippen LogP contribution < -0.4 is 15.3 Å². The molecule has 0 amide bonds. The van der Waals surface area contributed by atoms with Gasteiger partial charge in [-0.15, -0.1) is 0 Å². The highest BCUT2D eigenvalue weighted by Gasteiger charge is 2.31. The van der Waals surface area contributed by atoms with Gasteiger partial charge in [0.1, 0.15) is 17.1 Å². The molecule has 3 heterocycles. The van der Waals surface area contributed by atoms with Gasteiger partial charge < -0.3 is 9.64 Å². The third-order valence-corrected chi connectivity index (χ3v) is 6.86. The van der Waals surface area contributed by atoms with Crippen LogP contribution in [0.3, 0.4) is 0 Å².